The fraction of sp³-hybridized carbons (Fsp3) is 0.333. The average Bonchev–Trinajstić information content (AvgIpc) is 2.38. The zero-order valence-corrected chi connectivity index (χ0v) is 10.8. The fourth-order valence-electron chi connectivity index (χ4n) is 1.86. The summed E-state index contributed by atoms with van der Waals surface area (Å²) in [6.45, 7) is 4.43. The number of carbonyl (C=O) groups excluding carboxylic acids is 1. The zero-order valence-electron chi connectivity index (χ0n) is 10.8. The van der Waals surface area contributed by atoms with Gasteiger partial charge in [0.25, 0.3) is 0 Å². The largest absolute Gasteiger partial charge is 0.462 e. The lowest BCUT2D eigenvalue weighted by atomic mass is 10.1. The van der Waals surface area contributed by atoms with Gasteiger partial charge in [0.05, 0.1) is 17.7 Å². The highest BCUT2D eigenvalue weighted by Crippen LogP contribution is 2.19. The summed E-state index contributed by atoms with van der Waals surface area (Å²) in [6, 6.07) is 9.42. The molecule has 1 heterocycles. The molecule has 0 aliphatic rings. The Kier molecular flexibility index (Phi) is 3.92. The quantitative estimate of drug-likeness (QED) is 0.609. The van der Waals surface area contributed by atoms with E-state index in [1.165, 1.54) is 0 Å². The van der Waals surface area contributed by atoms with E-state index >= 15 is 0 Å². The molecule has 0 fully saturated rings. The van der Waals surface area contributed by atoms with Gasteiger partial charge in [-0.1, -0.05) is 31.5 Å². The lowest BCUT2D eigenvalue weighted by Gasteiger charge is -2.08. The Morgan fingerprint density at radius 2 is 2.11 bits per heavy atom. The molecule has 0 aliphatic carbocycles. The van der Waals surface area contributed by atoms with Gasteiger partial charge in [-0.25, -0.2) is 4.79 Å². The van der Waals surface area contributed by atoms with E-state index < -0.39 is 0 Å². The van der Waals surface area contributed by atoms with Crippen molar-refractivity contribution in [1.82, 2.24) is 4.98 Å². The normalized spacial score (nSPS) is 10.6. The number of hydrogen-bond acceptors (Lipinski definition) is 3. The molecule has 0 N–H and O–H groups in total. The first-order valence-electron chi connectivity index (χ1n) is 6.26. The van der Waals surface area contributed by atoms with Gasteiger partial charge >= 0.3 is 5.97 Å². The minimum Gasteiger partial charge on any atom is -0.462 e. The topological polar surface area (TPSA) is 39.2 Å². The minimum atomic E-state index is -0.259. The van der Waals surface area contributed by atoms with Gasteiger partial charge in [0.2, 0.25) is 0 Å². The van der Waals surface area contributed by atoms with E-state index in [1.807, 2.05) is 31.2 Å². The van der Waals surface area contributed by atoms with Crippen molar-refractivity contribution >= 4 is 16.9 Å². The van der Waals surface area contributed by atoms with Crippen LogP contribution < -0.4 is 0 Å². The molecule has 0 atom stereocenters. The van der Waals surface area contributed by atoms with E-state index in [0.717, 1.165) is 29.4 Å². The molecule has 0 amide bonds. The van der Waals surface area contributed by atoms with Gasteiger partial charge in [-0.2, -0.15) is 0 Å². The summed E-state index contributed by atoms with van der Waals surface area (Å²) in [5, 5.41) is 0.851. The van der Waals surface area contributed by atoms with Crippen LogP contribution in [0.25, 0.3) is 10.9 Å². The van der Waals surface area contributed by atoms with Crippen LogP contribution in [0, 0.1) is 6.92 Å². The Morgan fingerprint density at radius 3 is 2.89 bits per heavy atom. The molecule has 0 aliphatic heterocycles. The molecule has 18 heavy (non-hydrogen) atoms. The predicted octanol–water partition coefficient (Wildman–Crippen LogP) is 3.50. The first kappa shape index (κ1) is 12.6. The molecule has 1 aromatic carbocycles. The highest BCUT2D eigenvalue weighted by Gasteiger charge is 2.12. The fourth-order valence-corrected chi connectivity index (χ4v) is 1.86. The number of fused-ring (bicyclic) bond motifs is 1. The van der Waals surface area contributed by atoms with Gasteiger partial charge in [0.1, 0.15) is 0 Å². The Morgan fingerprint density at radius 1 is 1.33 bits per heavy atom. The van der Waals surface area contributed by atoms with Crippen molar-refractivity contribution in [2.75, 3.05) is 6.61 Å². The number of aryl methyl sites for hydroxylation is 1. The van der Waals surface area contributed by atoms with Crippen molar-refractivity contribution in [3.05, 3.63) is 41.6 Å². The van der Waals surface area contributed by atoms with E-state index in [0.29, 0.717) is 12.2 Å². The third-order valence-corrected chi connectivity index (χ3v) is 2.80. The van der Waals surface area contributed by atoms with Gasteiger partial charge in [-0.3, -0.25) is 4.98 Å². The number of hydrogen-bond donors (Lipinski definition) is 0. The molecule has 0 bridgehead atoms. The summed E-state index contributed by atoms with van der Waals surface area (Å²) in [5.74, 6) is -0.259. The number of aromatic nitrogens is 1. The van der Waals surface area contributed by atoms with E-state index in [1.54, 1.807) is 6.07 Å². The smallest absolute Gasteiger partial charge is 0.338 e. The summed E-state index contributed by atoms with van der Waals surface area (Å²) in [5.41, 5.74) is 2.27. The third-order valence-electron chi connectivity index (χ3n) is 2.80. The van der Waals surface area contributed by atoms with Crippen molar-refractivity contribution in [3.8, 4) is 0 Å². The molecular formula is C15H17NO2. The molecule has 3 heteroatoms. The van der Waals surface area contributed by atoms with Gasteiger partial charge < -0.3 is 4.74 Å². The van der Waals surface area contributed by atoms with Gasteiger partial charge in [-0.15, -0.1) is 0 Å². The zero-order chi connectivity index (χ0) is 13.0. The standard InChI is InChI=1S/C15H17NO2/c1-3-4-9-18-15(17)13-10-11(2)16-14-8-6-5-7-12(13)14/h5-8,10H,3-4,9H2,1-2H3. The van der Waals surface area contributed by atoms with Crippen LogP contribution in [0.1, 0.15) is 35.8 Å². The van der Waals surface area contributed by atoms with Crippen LogP contribution in [0.2, 0.25) is 0 Å². The number of benzene rings is 1. The van der Waals surface area contributed by atoms with Crippen LogP contribution in [0.5, 0.6) is 0 Å². The maximum absolute atomic E-state index is 12.0. The maximum Gasteiger partial charge on any atom is 0.338 e. The van der Waals surface area contributed by atoms with Crippen LogP contribution in [-0.4, -0.2) is 17.6 Å². The van der Waals surface area contributed by atoms with Crippen molar-refractivity contribution < 1.29 is 9.53 Å². The van der Waals surface area contributed by atoms with E-state index in [2.05, 4.69) is 11.9 Å². The predicted molar refractivity (Wildman–Crippen MR) is 71.7 cm³/mol. The lowest BCUT2D eigenvalue weighted by Crippen LogP contribution is -2.08. The van der Waals surface area contributed by atoms with Crippen LogP contribution in [0.15, 0.2) is 30.3 Å². The number of unbranched alkanes of at least 4 members (excludes halogenated alkanes) is 1. The van der Waals surface area contributed by atoms with Crippen LogP contribution in [-0.2, 0) is 4.74 Å². The molecule has 0 saturated carbocycles. The second-order valence-corrected chi connectivity index (χ2v) is 4.32. The Balaban J connectivity index is 2.34. The second kappa shape index (κ2) is 5.63. The molecule has 94 valence electrons. The summed E-state index contributed by atoms with van der Waals surface area (Å²) < 4.78 is 5.26. The number of nitrogens with zero attached hydrogens (tertiary/aromatic N) is 1. The van der Waals surface area contributed by atoms with Crippen molar-refractivity contribution in [1.29, 1.82) is 0 Å². The lowest BCUT2D eigenvalue weighted by molar-refractivity contribution is 0.0502. The van der Waals surface area contributed by atoms with Crippen molar-refractivity contribution in [2.24, 2.45) is 0 Å². The van der Waals surface area contributed by atoms with E-state index in [4.69, 9.17) is 4.74 Å². The van der Waals surface area contributed by atoms with Crippen molar-refractivity contribution in [3.63, 3.8) is 0 Å². The molecule has 0 unspecified atom stereocenters. The molecule has 3 nitrogen and oxygen atoms in total. The first-order valence-corrected chi connectivity index (χ1v) is 6.26. The van der Waals surface area contributed by atoms with E-state index in [-0.39, 0.29) is 5.97 Å². The summed E-state index contributed by atoms with van der Waals surface area (Å²) in [6.07, 6.45) is 1.91. The number of rotatable bonds is 4. The number of ether oxygens (including phenoxy) is 1. The average molecular weight is 243 g/mol. The van der Waals surface area contributed by atoms with Crippen LogP contribution in [0.3, 0.4) is 0 Å². The number of pyridine rings is 1. The number of esters is 1. The van der Waals surface area contributed by atoms with E-state index in [9.17, 15) is 4.79 Å². The molecular weight excluding hydrogens is 226 g/mol. The van der Waals surface area contributed by atoms with Crippen LogP contribution in [0.4, 0.5) is 0 Å². The Hall–Kier alpha value is -1.90. The highest BCUT2D eigenvalue weighted by atomic mass is 16.5. The SMILES string of the molecule is CCCCOC(=O)c1cc(C)nc2ccccc12. The summed E-state index contributed by atoms with van der Waals surface area (Å²) >= 11 is 0. The molecule has 2 rings (SSSR count). The van der Waals surface area contributed by atoms with Gasteiger partial charge in [-0.05, 0) is 25.5 Å². The monoisotopic (exact) mass is 243 g/mol. The summed E-state index contributed by atoms with van der Waals surface area (Å²) in [4.78, 5) is 16.4. The van der Waals surface area contributed by atoms with Crippen molar-refractivity contribution in [2.45, 2.75) is 26.7 Å². The minimum absolute atomic E-state index is 0.259. The Bertz CT molecular complexity index is 563. The van der Waals surface area contributed by atoms with Crippen LogP contribution >= 0.6 is 0 Å². The molecule has 1 aromatic heterocycles. The van der Waals surface area contributed by atoms with Gasteiger partial charge in [0, 0.05) is 11.1 Å². The maximum atomic E-state index is 12.0. The molecule has 0 saturated heterocycles. The number of para-hydroxylation sites is 1. The highest BCUT2D eigenvalue weighted by molar-refractivity contribution is 6.03. The molecule has 0 spiro atoms. The van der Waals surface area contributed by atoms with Gasteiger partial charge in [0.15, 0.2) is 0 Å². The molecule has 2 aromatic rings. The first-order chi connectivity index (χ1) is 8.72. The summed E-state index contributed by atoms with van der Waals surface area (Å²) in [7, 11) is 0. The number of carbonyl (C=O) groups is 1. The Labute approximate surface area is 107 Å². The third kappa shape index (κ3) is 2.67. The molecule has 0 radical (unpaired) electrons. The second-order valence-electron chi connectivity index (χ2n) is 4.32.